The van der Waals surface area contributed by atoms with Gasteiger partial charge in [-0.3, -0.25) is 4.90 Å². The number of aryl methyl sites for hydroxylation is 1. The van der Waals surface area contributed by atoms with Crippen molar-refractivity contribution < 1.29 is 23.4 Å². The number of ether oxygens (including phenoxy) is 3. The van der Waals surface area contributed by atoms with Gasteiger partial charge in [-0.1, -0.05) is 22.9 Å². The van der Waals surface area contributed by atoms with Crippen molar-refractivity contribution in [3.63, 3.8) is 0 Å². The summed E-state index contributed by atoms with van der Waals surface area (Å²) in [5.74, 6) is 0.0939. The lowest BCUT2D eigenvalue weighted by atomic mass is 10.2. The molecule has 0 radical (unpaired) electrons. The largest absolute Gasteiger partial charge is 0.488 e. The maximum atomic E-state index is 15.2. The molecule has 3 heterocycles. The second-order valence-electron chi connectivity index (χ2n) is 11.4. The SMILES string of the molecule is Cc1cc(-c2nnc(-c3cc(F)c(OC[C@H]4COC(C)(C)N4C(=O)OC(C)(C)C)cc3Cl)s2)cc(NC(C)C)n1. The van der Waals surface area contributed by atoms with E-state index in [-0.39, 0.29) is 30.0 Å². The Morgan fingerprint density at radius 2 is 1.95 bits per heavy atom. The molecule has 1 aromatic carbocycles. The lowest BCUT2D eigenvalue weighted by Crippen LogP contribution is -2.51. The van der Waals surface area contributed by atoms with Crippen LogP contribution in [0, 0.1) is 12.7 Å². The van der Waals surface area contributed by atoms with Crippen molar-refractivity contribution in [3.8, 4) is 26.9 Å². The minimum atomic E-state index is -0.898. The maximum Gasteiger partial charge on any atom is 0.413 e. The molecule has 0 bridgehead atoms. The Kier molecular flexibility index (Phi) is 8.58. The van der Waals surface area contributed by atoms with Crippen molar-refractivity contribution in [1.82, 2.24) is 20.1 Å². The average molecular weight is 592 g/mol. The molecular formula is C28H35ClFN5O4S. The van der Waals surface area contributed by atoms with E-state index in [1.54, 1.807) is 34.6 Å². The molecule has 4 rings (SSSR count). The molecular weight excluding hydrogens is 557 g/mol. The van der Waals surface area contributed by atoms with E-state index in [1.165, 1.54) is 28.4 Å². The van der Waals surface area contributed by atoms with Crippen LogP contribution in [-0.2, 0) is 9.47 Å². The highest BCUT2D eigenvalue weighted by Crippen LogP contribution is 2.38. The van der Waals surface area contributed by atoms with E-state index in [2.05, 4.69) is 20.5 Å². The van der Waals surface area contributed by atoms with Crippen LogP contribution >= 0.6 is 22.9 Å². The quantitative estimate of drug-likeness (QED) is 0.315. The lowest BCUT2D eigenvalue weighted by Gasteiger charge is -2.35. The van der Waals surface area contributed by atoms with Gasteiger partial charge in [0.25, 0.3) is 0 Å². The van der Waals surface area contributed by atoms with Crippen LogP contribution in [0.25, 0.3) is 21.1 Å². The van der Waals surface area contributed by atoms with Crippen molar-refractivity contribution in [3.05, 3.63) is 40.8 Å². The number of anilines is 1. The number of carbonyl (C=O) groups excluding carboxylic acids is 1. The number of nitrogens with one attached hydrogen (secondary N) is 1. The van der Waals surface area contributed by atoms with Crippen LogP contribution < -0.4 is 10.1 Å². The van der Waals surface area contributed by atoms with E-state index in [9.17, 15) is 4.79 Å². The van der Waals surface area contributed by atoms with Gasteiger partial charge < -0.3 is 19.5 Å². The third-order valence-electron chi connectivity index (χ3n) is 5.91. The van der Waals surface area contributed by atoms with Gasteiger partial charge >= 0.3 is 6.09 Å². The second-order valence-corrected chi connectivity index (χ2v) is 12.8. The van der Waals surface area contributed by atoms with E-state index in [4.69, 9.17) is 25.8 Å². The third-order valence-corrected chi connectivity index (χ3v) is 7.23. The minimum Gasteiger partial charge on any atom is -0.488 e. The number of nitrogens with zero attached hydrogens (tertiary/aromatic N) is 4. The van der Waals surface area contributed by atoms with Crippen LogP contribution in [0.15, 0.2) is 24.3 Å². The number of hydrogen-bond acceptors (Lipinski definition) is 9. The number of halogens is 2. The predicted octanol–water partition coefficient (Wildman–Crippen LogP) is 6.94. The summed E-state index contributed by atoms with van der Waals surface area (Å²) in [4.78, 5) is 18.9. The summed E-state index contributed by atoms with van der Waals surface area (Å²) in [7, 11) is 0. The molecule has 0 saturated carbocycles. The van der Waals surface area contributed by atoms with Crippen molar-refractivity contribution in [2.75, 3.05) is 18.5 Å². The zero-order valence-electron chi connectivity index (χ0n) is 24.0. The summed E-state index contributed by atoms with van der Waals surface area (Å²) < 4.78 is 32.3. The molecule has 1 aliphatic rings. The summed E-state index contributed by atoms with van der Waals surface area (Å²) in [6, 6.07) is 6.27. The molecule has 40 heavy (non-hydrogen) atoms. The fourth-order valence-corrected chi connectivity index (χ4v) is 5.45. The van der Waals surface area contributed by atoms with Gasteiger partial charge in [0.15, 0.2) is 11.6 Å². The molecule has 1 atom stereocenters. The molecule has 2 aromatic heterocycles. The van der Waals surface area contributed by atoms with Crippen LogP contribution in [0.5, 0.6) is 5.75 Å². The number of hydrogen-bond donors (Lipinski definition) is 1. The van der Waals surface area contributed by atoms with Gasteiger partial charge in [0.1, 0.15) is 33.8 Å². The zero-order valence-corrected chi connectivity index (χ0v) is 25.5. The first-order valence-corrected chi connectivity index (χ1v) is 14.2. The maximum absolute atomic E-state index is 15.2. The molecule has 9 nitrogen and oxygen atoms in total. The molecule has 1 N–H and O–H groups in total. The van der Waals surface area contributed by atoms with E-state index in [1.807, 2.05) is 32.9 Å². The van der Waals surface area contributed by atoms with Gasteiger partial charge in [0, 0.05) is 28.9 Å². The first-order chi connectivity index (χ1) is 18.6. The molecule has 1 amide bonds. The molecule has 0 spiro atoms. The zero-order chi connectivity index (χ0) is 29.4. The highest BCUT2D eigenvalue weighted by Gasteiger charge is 2.46. The highest BCUT2D eigenvalue weighted by molar-refractivity contribution is 7.18. The second kappa shape index (κ2) is 11.5. The molecule has 3 aromatic rings. The molecule has 0 aliphatic carbocycles. The monoisotopic (exact) mass is 591 g/mol. The fourth-order valence-electron chi connectivity index (χ4n) is 4.29. The molecule has 1 aliphatic heterocycles. The normalized spacial score (nSPS) is 16.9. The Morgan fingerprint density at radius 1 is 1.25 bits per heavy atom. The Morgan fingerprint density at radius 3 is 2.62 bits per heavy atom. The standard InChI is InChI=1S/C28H35ClFN5O4S/c1-15(2)31-23-10-17(9-16(3)32-23)24-33-34-25(40-24)19-11-21(30)22(12-20(19)29)37-13-18-14-38-28(7,8)35(18)26(36)39-27(4,5)6/h9-12,15,18H,13-14H2,1-8H3,(H,31,32)/t18-/m0/s1. The molecule has 1 fully saturated rings. The van der Waals surface area contributed by atoms with Crippen LogP contribution in [0.4, 0.5) is 15.0 Å². The highest BCUT2D eigenvalue weighted by atomic mass is 35.5. The van der Waals surface area contributed by atoms with Gasteiger partial charge in [-0.25, -0.2) is 14.2 Å². The Balaban J connectivity index is 1.51. The summed E-state index contributed by atoms with van der Waals surface area (Å²) >= 11 is 7.86. The third kappa shape index (κ3) is 7.00. The van der Waals surface area contributed by atoms with Gasteiger partial charge in [0.2, 0.25) is 0 Å². The number of aromatic nitrogens is 3. The first-order valence-electron chi connectivity index (χ1n) is 13.0. The van der Waals surface area contributed by atoms with Crippen LogP contribution in [0.1, 0.15) is 54.2 Å². The number of carbonyl (C=O) groups is 1. The van der Waals surface area contributed by atoms with Crippen LogP contribution in [-0.4, -0.2) is 62.8 Å². The van der Waals surface area contributed by atoms with Crippen molar-refractivity contribution in [2.24, 2.45) is 0 Å². The molecule has 1 saturated heterocycles. The van der Waals surface area contributed by atoms with Crippen LogP contribution in [0.3, 0.4) is 0 Å². The van der Waals surface area contributed by atoms with Crippen molar-refractivity contribution in [2.45, 2.75) is 78.8 Å². The van der Waals surface area contributed by atoms with Gasteiger partial charge in [-0.05, 0) is 73.6 Å². The Bertz CT molecular complexity index is 1390. The van der Waals surface area contributed by atoms with Crippen molar-refractivity contribution in [1.29, 1.82) is 0 Å². The predicted molar refractivity (Wildman–Crippen MR) is 154 cm³/mol. The van der Waals surface area contributed by atoms with Gasteiger partial charge in [-0.15, -0.1) is 10.2 Å². The fraction of sp³-hybridized carbons (Fsp3) is 0.500. The average Bonchev–Trinajstić information content (AvgIpc) is 3.41. The Labute approximate surface area is 243 Å². The van der Waals surface area contributed by atoms with Crippen molar-refractivity contribution >= 4 is 34.8 Å². The van der Waals surface area contributed by atoms with Gasteiger partial charge in [0.05, 0.1) is 17.7 Å². The number of rotatable bonds is 7. The van der Waals surface area contributed by atoms with E-state index in [0.717, 1.165) is 17.1 Å². The minimum absolute atomic E-state index is 0.00758. The molecule has 0 unspecified atom stereocenters. The number of amides is 1. The summed E-state index contributed by atoms with van der Waals surface area (Å²) in [6.07, 6.45) is -0.527. The topological polar surface area (TPSA) is 98.7 Å². The summed E-state index contributed by atoms with van der Waals surface area (Å²) in [6.45, 7) is 15.1. The lowest BCUT2D eigenvalue weighted by molar-refractivity contribution is -0.0637. The van der Waals surface area contributed by atoms with E-state index >= 15 is 4.39 Å². The van der Waals surface area contributed by atoms with E-state index < -0.39 is 29.3 Å². The number of benzene rings is 1. The first kappa shape index (κ1) is 30.0. The number of pyridine rings is 1. The molecule has 12 heteroatoms. The smallest absolute Gasteiger partial charge is 0.413 e. The van der Waals surface area contributed by atoms with Crippen LogP contribution in [0.2, 0.25) is 5.02 Å². The summed E-state index contributed by atoms with van der Waals surface area (Å²) in [5.41, 5.74) is 0.522. The Hall–Kier alpha value is -3.02. The van der Waals surface area contributed by atoms with E-state index in [0.29, 0.717) is 15.6 Å². The van der Waals surface area contributed by atoms with Gasteiger partial charge in [-0.2, -0.15) is 0 Å². The molecule has 216 valence electrons. The summed E-state index contributed by atoms with van der Waals surface area (Å²) in [5, 5.41) is 13.3.